The van der Waals surface area contributed by atoms with Crippen LogP contribution in [0, 0.1) is 0 Å². The Bertz CT molecular complexity index is 1530. The van der Waals surface area contributed by atoms with Gasteiger partial charge in [-0.1, -0.05) is 76.1 Å². The number of carbonyl (C=O) groups excluding carboxylic acids is 4. The van der Waals surface area contributed by atoms with Gasteiger partial charge in [0, 0.05) is 36.3 Å². The van der Waals surface area contributed by atoms with E-state index in [9.17, 15) is 19.2 Å². The van der Waals surface area contributed by atoms with Crippen LogP contribution < -0.4 is 10.6 Å². The van der Waals surface area contributed by atoms with Gasteiger partial charge < -0.3 is 24.9 Å². The maximum atomic E-state index is 14.3. The van der Waals surface area contributed by atoms with Gasteiger partial charge in [-0.2, -0.15) is 0 Å². The Morgan fingerprint density at radius 1 is 0.776 bits per heavy atom. The molecule has 1 aliphatic rings. The summed E-state index contributed by atoms with van der Waals surface area (Å²) in [5, 5.41) is 6.03. The maximum absolute atomic E-state index is 14.3. The lowest BCUT2D eigenvalue weighted by Crippen LogP contribution is -2.47. The lowest BCUT2D eigenvalue weighted by atomic mass is 9.99. The van der Waals surface area contributed by atoms with Crippen molar-refractivity contribution in [3.05, 3.63) is 83.8 Å². The Hall–Kier alpha value is -4.40. The van der Waals surface area contributed by atoms with Crippen LogP contribution in [0.4, 0.5) is 0 Å². The summed E-state index contributed by atoms with van der Waals surface area (Å²) in [6.07, 6.45) is 11.8. The minimum Gasteiger partial charge on any atom is -0.467 e. The van der Waals surface area contributed by atoms with Crippen LogP contribution >= 0.6 is 0 Å². The molecule has 0 spiro atoms. The molecule has 2 aromatic carbocycles. The van der Waals surface area contributed by atoms with Crippen molar-refractivity contribution in [2.75, 3.05) is 26.2 Å². The van der Waals surface area contributed by atoms with E-state index in [2.05, 4.69) is 17.6 Å². The molecule has 9 heteroatoms. The smallest absolute Gasteiger partial charge is 0.254 e. The number of carbonyl (C=O) groups is 4. The van der Waals surface area contributed by atoms with E-state index in [0.717, 1.165) is 30.4 Å². The van der Waals surface area contributed by atoms with E-state index < -0.39 is 11.6 Å². The molecule has 4 amide bonds. The molecule has 0 fully saturated rings. The van der Waals surface area contributed by atoms with Gasteiger partial charge in [0.05, 0.1) is 12.8 Å². The Morgan fingerprint density at radius 3 is 1.98 bits per heavy atom. The van der Waals surface area contributed by atoms with Crippen LogP contribution in [0.5, 0.6) is 0 Å². The van der Waals surface area contributed by atoms with Crippen LogP contribution in [0.25, 0.3) is 11.1 Å². The average molecular weight is 671 g/mol. The number of hydrogen-bond donors (Lipinski definition) is 2. The zero-order valence-electron chi connectivity index (χ0n) is 29.8. The molecule has 1 aromatic heterocycles. The van der Waals surface area contributed by atoms with Gasteiger partial charge in [0.2, 0.25) is 5.91 Å². The Kier molecular flexibility index (Phi) is 14.0. The van der Waals surface area contributed by atoms with Crippen LogP contribution in [0.15, 0.2) is 71.3 Å². The summed E-state index contributed by atoms with van der Waals surface area (Å²) in [5.41, 5.74) is 2.02. The van der Waals surface area contributed by atoms with Crippen molar-refractivity contribution in [2.24, 2.45) is 0 Å². The third-order valence-corrected chi connectivity index (χ3v) is 8.73. The van der Waals surface area contributed by atoms with E-state index in [4.69, 9.17) is 4.42 Å². The third-order valence-electron chi connectivity index (χ3n) is 8.73. The van der Waals surface area contributed by atoms with Gasteiger partial charge in [-0.05, 0) is 87.6 Å². The highest BCUT2D eigenvalue weighted by Crippen LogP contribution is 2.28. The molecule has 9 nitrogen and oxygen atoms in total. The van der Waals surface area contributed by atoms with Crippen molar-refractivity contribution < 1.29 is 23.6 Å². The number of unbranched alkanes of at least 4 members (excludes halogenated alkanes) is 7. The number of hydrogen-bond acceptors (Lipinski definition) is 5. The second-order valence-electron chi connectivity index (χ2n) is 14.1. The summed E-state index contributed by atoms with van der Waals surface area (Å²) in [4.78, 5) is 58.2. The molecule has 49 heavy (non-hydrogen) atoms. The minimum atomic E-state index is -0.966. The fourth-order valence-corrected chi connectivity index (χ4v) is 6.27. The van der Waals surface area contributed by atoms with Crippen LogP contribution in [-0.2, 0) is 9.59 Å². The first-order valence-electron chi connectivity index (χ1n) is 18.0. The Balaban J connectivity index is 1.58. The first-order chi connectivity index (χ1) is 23.6. The molecule has 264 valence electrons. The summed E-state index contributed by atoms with van der Waals surface area (Å²) < 4.78 is 5.77. The largest absolute Gasteiger partial charge is 0.467 e. The average Bonchev–Trinajstić information content (AvgIpc) is 3.61. The predicted molar refractivity (Wildman–Crippen MR) is 193 cm³/mol. The fraction of sp³-hybridized carbons (Fsp3) is 0.500. The van der Waals surface area contributed by atoms with Gasteiger partial charge in [0.1, 0.15) is 5.76 Å². The predicted octanol–water partition coefficient (Wildman–Crippen LogP) is 7.54. The highest BCUT2D eigenvalue weighted by molar-refractivity contribution is 6.00. The number of furan rings is 1. The van der Waals surface area contributed by atoms with Gasteiger partial charge in [-0.15, -0.1) is 0 Å². The number of fused-ring (bicyclic) bond motifs is 5. The minimum absolute atomic E-state index is 0.0887. The number of nitrogens with zero attached hydrogens (tertiary/aromatic N) is 2. The summed E-state index contributed by atoms with van der Waals surface area (Å²) in [5.74, 6) is -0.653. The summed E-state index contributed by atoms with van der Waals surface area (Å²) in [6.45, 7) is 8.92. The maximum Gasteiger partial charge on any atom is 0.254 e. The summed E-state index contributed by atoms with van der Waals surface area (Å²) in [7, 11) is 0. The lowest BCUT2D eigenvalue weighted by Gasteiger charge is -2.31. The molecule has 2 N–H and O–H groups in total. The van der Waals surface area contributed by atoms with Crippen molar-refractivity contribution in [3.8, 4) is 11.1 Å². The van der Waals surface area contributed by atoms with Crippen molar-refractivity contribution in [3.63, 3.8) is 0 Å². The number of benzene rings is 2. The van der Waals surface area contributed by atoms with E-state index in [-0.39, 0.29) is 36.7 Å². The first kappa shape index (κ1) is 37.4. The molecule has 2 heterocycles. The highest BCUT2D eigenvalue weighted by atomic mass is 16.3. The van der Waals surface area contributed by atoms with Crippen LogP contribution in [0.3, 0.4) is 0 Å². The van der Waals surface area contributed by atoms with E-state index in [1.807, 2.05) is 45.0 Å². The third kappa shape index (κ3) is 11.3. The zero-order chi connectivity index (χ0) is 35.2. The number of rotatable bonds is 14. The molecule has 0 radical (unpaired) electrons. The SMILES string of the molecule is CCCCCCCCCCNC(=O)C(c1ccco1)N1CCCCN(CC(=O)NC(C)(C)C)C(=O)c2cccc(c2)-c2cccc(c2)C1=O. The normalized spacial score (nSPS) is 14.7. The van der Waals surface area contributed by atoms with Gasteiger partial charge in [-0.25, -0.2) is 0 Å². The van der Waals surface area contributed by atoms with Gasteiger partial charge in [-0.3, -0.25) is 19.2 Å². The van der Waals surface area contributed by atoms with Crippen molar-refractivity contribution in [1.82, 2.24) is 20.4 Å². The molecule has 4 rings (SSSR count). The topological polar surface area (TPSA) is 112 Å². The standard InChI is InChI=1S/C40H54N4O5/c1-5-6-7-8-9-10-11-12-23-41-37(46)36(34-22-17-26-49-34)44-25-14-13-24-43(29-35(45)42-40(2,3)4)38(47)32-20-15-18-30(27-32)31-19-16-21-33(28-31)39(44)48/h15-22,26-28,36H,5-14,23-25,29H2,1-4H3,(H,41,46)(H,42,45). The monoisotopic (exact) mass is 670 g/mol. The number of amides is 4. The van der Waals surface area contributed by atoms with Crippen molar-refractivity contribution in [2.45, 2.75) is 103 Å². The lowest BCUT2D eigenvalue weighted by molar-refractivity contribution is -0.126. The van der Waals surface area contributed by atoms with Crippen molar-refractivity contribution in [1.29, 1.82) is 0 Å². The second kappa shape index (κ2) is 18.4. The molecule has 1 unspecified atom stereocenters. The summed E-state index contributed by atoms with van der Waals surface area (Å²) >= 11 is 0. The van der Waals surface area contributed by atoms with E-state index in [1.54, 1.807) is 46.2 Å². The van der Waals surface area contributed by atoms with Gasteiger partial charge >= 0.3 is 0 Å². The second-order valence-corrected chi connectivity index (χ2v) is 14.1. The van der Waals surface area contributed by atoms with Gasteiger partial charge in [0.15, 0.2) is 6.04 Å². The molecular weight excluding hydrogens is 616 g/mol. The van der Waals surface area contributed by atoms with E-state index >= 15 is 0 Å². The molecule has 1 atom stereocenters. The molecular formula is C40H54N4O5. The molecule has 1 aliphatic heterocycles. The Morgan fingerprint density at radius 2 is 1.37 bits per heavy atom. The highest BCUT2D eigenvalue weighted by Gasteiger charge is 2.34. The molecule has 0 saturated heterocycles. The van der Waals surface area contributed by atoms with Crippen molar-refractivity contribution >= 4 is 23.6 Å². The van der Waals surface area contributed by atoms with Gasteiger partial charge in [0.25, 0.3) is 17.7 Å². The zero-order valence-corrected chi connectivity index (χ0v) is 29.8. The van der Waals surface area contributed by atoms with E-state index in [0.29, 0.717) is 42.8 Å². The fourth-order valence-electron chi connectivity index (χ4n) is 6.27. The molecule has 4 bridgehead atoms. The van der Waals surface area contributed by atoms with E-state index in [1.165, 1.54) is 38.4 Å². The Labute approximate surface area is 291 Å². The molecule has 0 aliphatic carbocycles. The summed E-state index contributed by atoms with van der Waals surface area (Å²) in [6, 6.07) is 17.0. The quantitative estimate of drug-likeness (QED) is 0.172. The molecule has 0 saturated carbocycles. The van der Waals surface area contributed by atoms with Crippen LogP contribution in [0.2, 0.25) is 0 Å². The molecule has 3 aromatic rings. The van der Waals surface area contributed by atoms with Crippen LogP contribution in [0.1, 0.15) is 124 Å². The number of nitrogens with one attached hydrogen (secondary N) is 2. The van der Waals surface area contributed by atoms with Crippen LogP contribution in [-0.4, -0.2) is 65.1 Å². The first-order valence-corrected chi connectivity index (χ1v) is 18.0.